The lowest BCUT2D eigenvalue weighted by Gasteiger charge is -2.12. The maximum absolute atomic E-state index is 13.2. The average Bonchev–Trinajstić information content (AvgIpc) is 3.36. The zero-order valence-corrected chi connectivity index (χ0v) is 16.3. The largest absolute Gasteiger partial charge is 0.461 e. The highest BCUT2D eigenvalue weighted by Gasteiger charge is 2.31. The Hall–Kier alpha value is -2.71. The molecule has 0 aliphatic carbocycles. The van der Waals surface area contributed by atoms with Crippen LogP contribution in [0, 0.1) is 0 Å². The first-order chi connectivity index (χ1) is 13.9. The van der Waals surface area contributed by atoms with Crippen molar-refractivity contribution in [2.24, 2.45) is 0 Å². The monoisotopic (exact) mass is 435 g/mol. The summed E-state index contributed by atoms with van der Waals surface area (Å²) >= 11 is 7.27. The van der Waals surface area contributed by atoms with E-state index in [4.69, 9.17) is 16.0 Å². The Morgan fingerprint density at radius 3 is 2.48 bits per heavy atom. The minimum atomic E-state index is -4.45. The Balaban J connectivity index is 1.74. The van der Waals surface area contributed by atoms with Gasteiger partial charge in [0, 0.05) is 10.8 Å². The summed E-state index contributed by atoms with van der Waals surface area (Å²) in [6.07, 6.45) is -2.98. The Morgan fingerprint density at radius 1 is 1.00 bits per heavy atom. The van der Waals surface area contributed by atoms with E-state index in [1.54, 1.807) is 34.9 Å². The number of hydrogen-bond acceptors (Lipinski definition) is 4. The van der Waals surface area contributed by atoms with Gasteiger partial charge < -0.3 is 4.42 Å². The van der Waals surface area contributed by atoms with Crippen LogP contribution in [0.15, 0.2) is 76.5 Å². The molecule has 0 N–H and O–H groups in total. The van der Waals surface area contributed by atoms with E-state index in [9.17, 15) is 13.2 Å². The Bertz CT molecular complexity index is 1110. The zero-order valence-electron chi connectivity index (χ0n) is 14.7. The summed E-state index contributed by atoms with van der Waals surface area (Å²) in [5, 5.41) is 9.41. The van der Waals surface area contributed by atoms with Crippen molar-refractivity contribution in [2.75, 3.05) is 0 Å². The normalized spacial score (nSPS) is 11.7. The number of thioether (sulfide) groups is 1. The number of halogens is 4. The molecule has 0 bridgehead atoms. The van der Waals surface area contributed by atoms with E-state index in [1.165, 1.54) is 24.1 Å². The molecule has 2 heterocycles. The van der Waals surface area contributed by atoms with Gasteiger partial charge in [-0.1, -0.05) is 41.6 Å². The van der Waals surface area contributed by atoms with Crippen molar-refractivity contribution < 1.29 is 17.6 Å². The molecule has 9 heteroatoms. The minimum absolute atomic E-state index is 0.301. The summed E-state index contributed by atoms with van der Waals surface area (Å²) in [6, 6.07) is 15.7. The van der Waals surface area contributed by atoms with Gasteiger partial charge >= 0.3 is 6.18 Å². The fourth-order valence-corrected chi connectivity index (χ4v) is 3.75. The lowest BCUT2D eigenvalue weighted by molar-refractivity contribution is -0.137. The first kappa shape index (κ1) is 19.6. The number of furan rings is 1. The fraction of sp³-hybridized carbons (Fsp3) is 0.100. The Labute approximate surface area is 173 Å². The van der Waals surface area contributed by atoms with E-state index in [2.05, 4.69) is 10.2 Å². The molecule has 4 aromatic rings. The van der Waals surface area contributed by atoms with E-state index in [0.29, 0.717) is 33.2 Å². The van der Waals surface area contributed by atoms with Gasteiger partial charge in [-0.15, -0.1) is 10.2 Å². The molecule has 0 radical (unpaired) electrons. The second kappa shape index (κ2) is 7.96. The van der Waals surface area contributed by atoms with Crippen molar-refractivity contribution in [1.82, 2.24) is 14.8 Å². The molecule has 4 nitrogen and oxygen atoms in total. The van der Waals surface area contributed by atoms with Crippen LogP contribution < -0.4 is 0 Å². The maximum atomic E-state index is 13.2. The first-order valence-corrected chi connectivity index (χ1v) is 9.82. The average molecular weight is 436 g/mol. The van der Waals surface area contributed by atoms with E-state index < -0.39 is 11.7 Å². The van der Waals surface area contributed by atoms with Crippen LogP contribution in [0.4, 0.5) is 13.2 Å². The zero-order chi connectivity index (χ0) is 20.4. The minimum Gasteiger partial charge on any atom is -0.461 e. The SMILES string of the molecule is FC(F)(F)c1cccc(-n2c(SCc3ccc(Cl)cc3)nnc2-c2ccco2)c1. The van der Waals surface area contributed by atoms with Crippen molar-refractivity contribution in [3.8, 4) is 17.3 Å². The quantitative estimate of drug-likeness (QED) is 0.336. The third-order valence-corrected chi connectivity index (χ3v) is 5.34. The number of benzene rings is 2. The van der Waals surface area contributed by atoms with Crippen LogP contribution in [0.25, 0.3) is 17.3 Å². The molecule has 148 valence electrons. The first-order valence-electron chi connectivity index (χ1n) is 8.46. The highest BCUT2D eigenvalue weighted by atomic mass is 35.5. The van der Waals surface area contributed by atoms with Crippen molar-refractivity contribution >= 4 is 23.4 Å². The van der Waals surface area contributed by atoms with Gasteiger partial charge in [-0.2, -0.15) is 13.2 Å². The van der Waals surface area contributed by atoms with Gasteiger partial charge in [-0.05, 0) is 48.0 Å². The van der Waals surface area contributed by atoms with Crippen LogP contribution >= 0.6 is 23.4 Å². The molecule has 0 amide bonds. The number of hydrogen-bond donors (Lipinski definition) is 0. The second-order valence-electron chi connectivity index (χ2n) is 6.08. The molecule has 29 heavy (non-hydrogen) atoms. The summed E-state index contributed by atoms with van der Waals surface area (Å²) < 4.78 is 46.6. The van der Waals surface area contributed by atoms with E-state index in [0.717, 1.165) is 17.7 Å². The standard InChI is InChI=1S/C20H13ClF3N3OS/c21-15-8-6-13(7-9-15)12-29-19-26-25-18(17-5-2-10-28-17)27(19)16-4-1-3-14(11-16)20(22,23)24/h1-11H,12H2. The van der Waals surface area contributed by atoms with Gasteiger partial charge in [0.05, 0.1) is 17.5 Å². The topological polar surface area (TPSA) is 43.9 Å². The third-order valence-electron chi connectivity index (χ3n) is 4.09. The molecular formula is C20H13ClF3N3OS. The molecule has 0 spiro atoms. The van der Waals surface area contributed by atoms with E-state index in [-0.39, 0.29) is 0 Å². The maximum Gasteiger partial charge on any atom is 0.416 e. The lowest BCUT2D eigenvalue weighted by Crippen LogP contribution is -2.07. The summed E-state index contributed by atoms with van der Waals surface area (Å²) in [5.41, 5.74) is 0.551. The molecule has 2 aromatic heterocycles. The predicted molar refractivity (Wildman–Crippen MR) is 105 cm³/mol. The summed E-state index contributed by atoms with van der Waals surface area (Å²) in [7, 11) is 0. The number of alkyl halides is 3. The van der Waals surface area contributed by atoms with Crippen LogP contribution in [-0.4, -0.2) is 14.8 Å². The van der Waals surface area contributed by atoms with Crippen LogP contribution in [0.5, 0.6) is 0 Å². The van der Waals surface area contributed by atoms with Crippen LogP contribution in [0.3, 0.4) is 0 Å². The molecule has 0 atom stereocenters. The Morgan fingerprint density at radius 2 is 1.79 bits per heavy atom. The molecule has 0 aliphatic heterocycles. The fourth-order valence-electron chi connectivity index (χ4n) is 2.71. The van der Waals surface area contributed by atoms with Gasteiger partial charge in [0.1, 0.15) is 0 Å². The van der Waals surface area contributed by atoms with E-state index in [1.807, 2.05) is 12.1 Å². The summed E-state index contributed by atoms with van der Waals surface area (Å²) in [5.74, 6) is 1.29. The van der Waals surface area contributed by atoms with Crippen molar-refractivity contribution in [2.45, 2.75) is 17.1 Å². The van der Waals surface area contributed by atoms with Crippen LogP contribution in [-0.2, 0) is 11.9 Å². The van der Waals surface area contributed by atoms with Crippen LogP contribution in [0.2, 0.25) is 5.02 Å². The van der Waals surface area contributed by atoms with Gasteiger partial charge in [0.15, 0.2) is 10.9 Å². The number of nitrogens with zero attached hydrogens (tertiary/aromatic N) is 3. The third kappa shape index (κ3) is 4.33. The van der Waals surface area contributed by atoms with Crippen molar-refractivity contribution in [1.29, 1.82) is 0 Å². The molecule has 0 unspecified atom stereocenters. The van der Waals surface area contributed by atoms with E-state index >= 15 is 0 Å². The van der Waals surface area contributed by atoms with Crippen molar-refractivity contribution in [3.05, 3.63) is 83.1 Å². The highest BCUT2D eigenvalue weighted by molar-refractivity contribution is 7.98. The van der Waals surface area contributed by atoms with Gasteiger partial charge in [-0.3, -0.25) is 4.57 Å². The molecular weight excluding hydrogens is 423 g/mol. The number of aromatic nitrogens is 3. The van der Waals surface area contributed by atoms with Gasteiger partial charge in [0.25, 0.3) is 0 Å². The molecule has 0 aliphatic rings. The predicted octanol–water partition coefficient (Wildman–Crippen LogP) is 6.49. The molecule has 0 fully saturated rings. The smallest absolute Gasteiger partial charge is 0.416 e. The molecule has 0 saturated heterocycles. The van der Waals surface area contributed by atoms with Crippen LogP contribution in [0.1, 0.15) is 11.1 Å². The molecule has 2 aromatic carbocycles. The van der Waals surface area contributed by atoms with Crippen molar-refractivity contribution in [3.63, 3.8) is 0 Å². The summed E-state index contributed by atoms with van der Waals surface area (Å²) in [4.78, 5) is 0. The lowest BCUT2D eigenvalue weighted by atomic mass is 10.2. The number of rotatable bonds is 5. The van der Waals surface area contributed by atoms with Gasteiger partial charge in [0.2, 0.25) is 5.82 Å². The second-order valence-corrected chi connectivity index (χ2v) is 7.46. The highest BCUT2D eigenvalue weighted by Crippen LogP contribution is 2.34. The Kier molecular flexibility index (Phi) is 5.38. The molecule has 4 rings (SSSR count). The summed E-state index contributed by atoms with van der Waals surface area (Å²) in [6.45, 7) is 0. The molecule has 0 saturated carbocycles. The van der Waals surface area contributed by atoms with Gasteiger partial charge in [-0.25, -0.2) is 0 Å².